The van der Waals surface area contributed by atoms with Crippen LogP contribution in [0.5, 0.6) is 0 Å². The molecule has 0 bridgehead atoms. The molecule has 0 saturated heterocycles. The highest BCUT2D eigenvalue weighted by molar-refractivity contribution is 6.21. The van der Waals surface area contributed by atoms with Crippen LogP contribution in [0, 0.1) is 11.8 Å². The van der Waals surface area contributed by atoms with Crippen molar-refractivity contribution in [1.82, 2.24) is 4.90 Å². The van der Waals surface area contributed by atoms with E-state index >= 15 is 0 Å². The van der Waals surface area contributed by atoms with Crippen LogP contribution < -0.4 is 0 Å². The van der Waals surface area contributed by atoms with Gasteiger partial charge in [-0.25, -0.2) is 0 Å². The summed E-state index contributed by atoms with van der Waals surface area (Å²) in [6, 6.07) is 16.6. The van der Waals surface area contributed by atoms with Crippen molar-refractivity contribution in [3.8, 4) is 11.8 Å². The van der Waals surface area contributed by atoms with Crippen molar-refractivity contribution < 1.29 is 9.59 Å². The monoisotopic (exact) mass is 301 g/mol. The molecule has 3 nitrogen and oxygen atoms in total. The van der Waals surface area contributed by atoms with Gasteiger partial charge in [-0.3, -0.25) is 14.5 Å². The summed E-state index contributed by atoms with van der Waals surface area (Å²) in [7, 11) is 0. The number of rotatable bonds is 3. The number of carbonyl (C=O) groups is 2. The summed E-state index contributed by atoms with van der Waals surface area (Å²) in [4.78, 5) is 25.6. The molecule has 0 saturated carbocycles. The molecule has 0 aliphatic carbocycles. The van der Waals surface area contributed by atoms with Crippen LogP contribution in [0.15, 0.2) is 66.7 Å². The van der Waals surface area contributed by atoms with Crippen molar-refractivity contribution in [3.63, 3.8) is 0 Å². The van der Waals surface area contributed by atoms with E-state index in [0.717, 1.165) is 5.56 Å². The largest absolute Gasteiger partial charge is 0.274 e. The predicted octanol–water partition coefficient (Wildman–Crippen LogP) is 3.28. The molecule has 1 aliphatic heterocycles. The minimum Gasteiger partial charge on any atom is -0.274 e. The highest BCUT2D eigenvalue weighted by Crippen LogP contribution is 2.22. The molecule has 1 heterocycles. The van der Waals surface area contributed by atoms with Crippen molar-refractivity contribution in [2.45, 2.75) is 6.42 Å². The first-order valence-electron chi connectivity index (χ1n) is 7.44. The number of hydrogen-bond acceptors (Lipinski definition) is 2. The summed E-state index contributed by atoms with van der Waals surface area (Å²) in [5.41, 5.74) is 1.94. The molecule has 112 valence electrons. The summed E-state index contributed by atoms with van der Waals surface area (Å²) in [6.07, 6.45) is 4.22. The zero-order valence-corrected chi connectivity index (χ0v) is 12.5. The molecule has 0 spiro atoms. The highest BCUT2D eigenvalue weighted by atomic mass is 16.2. The van der Waals surface area contributed by atoms with Gasteiger partial charge in [-0.2, -0.15) is 0 Å². The van der Waals surface area contributed by atoms with E-state index in [1.54, 1.807) is 30.3 Å². The number of imide groups is 1. The van der Waals surface area contributed by atoms with Gasteiger partial charge in [-0.1, -0.05) is 48.2 Å². The third-order valence-electron chi connectivity index (χ3n) is 3.59. The summed E-state index contributed by atoms with van der Waals surface area (Å²) in [5, 5.41) is 0. The quantitative estimate of drug-likeness (QED) is 0.644. The Balaban J connectivity index is 1.56. The van der Waals surface area contributed by atoms with Crippen LogP contribution >= 0.6 is 0 Å². The van der Waals surface area contributed by atoms with Crippen LogP contribution in [0.4, 0.5) is 0 Å². The first-order chi connectivity index (χ1) is 11.3. The standard InChI is InChI=1S/C20H15NO2/c22-19-17-13-7-8-14-18(17)20(23)21(19)15-9-2-1-4-10-16-11-5-3-6-12-16/h1-3,5-8,11-14H,9,15H2/b2-1+. The maximum Gasteiger partial charge on any atom is 0.261 e. The lowest BCUT2D eigenvalue weighted by Crippen LogP contribution is -2.30. The van der Waals surface area contributed by atoms with E-state index in [9.17, 15) is 9.59 Å². The number of carbonyl (C=O) groups excluding carboxylic acids is 2. The Morgan fingerprint density at radius 2 is 1.48 bits per heavy atom. The SMILES string of the molecule is O=C1c2ccccc2C(=O)N1CC/C=C/C#Cc1ccccc1. The Morgan fingerprint density at radius 1 is 0.870 bits per heavy atom. The van der Waals surface area contributed by atoms with Crippen molar-refractivity contribution in [3.05, 3.63) is 83.4 Å². The third kappa shape index (κ3) is 3.22. The fourth-order valence-electron chi connectivity index (χ4n) is 2.43. The van der Waals surface area contributed by atoms with E-state index in [2.05, 4.69) is 11.8 Å². The molecule has 0 radical (unpaired) electrons. The Kier molecular flexibility index (Phi) is 4.35. The van der Waals surface area contributed by atoms with Gasteiger partial charge in [0.15, 0.2) is 0 Å². The zero-order valence-electron chi connectivity index (χ0n) is 12.5. The number of nitrogens with zero attached hydrogens (tertiary/aromatic N) is 1. The van der Waals surface area contributed by atoms with Crippen LogP contribution in [0.25, 0.3) is 0 Å². The minimum absolute atomic E-state index is 0.214. The van der Waals surface area contributed by atoms with Gasteiger partial charge in [-0.15, -0.1) is 0 Å². The van der Waals surface area contributed by atoms with Crippen molar-refractivity contribution in [1.29, 1.82) is 0 Å². The molecule has 0 fully saturated rings. The number of benzene rings is 2. The lowest BCUT2D eigenvalue weighted by Gasteiger charge is -2.11. The second kappa shape index (κ2) is 6.76. The molecular weight excluding hydrogens is 286 g/mol. The molecular formula is C20H15NO2. The first kappa shape index (κ1) is 14.8. The second-order valence-electron chi connectivity index (χ2n) is 5.13. The molecule has 1 aliphatic rings. The number of fused-ring (bicyclic) bond motifs is 1. The third-order valence-corrected chi connectivity index (χ3v) is 3.59. The maximum atomic E-state index is 12.2. The Labute approximate surface area is 135 Å². The van der Waals surface area contributed by atoms with Crippen LogP contribution in [-0.4, -0.2) is 23.3 Å². The number of hydrogen-bond donors (Lipinski definition) is 0. The molecule has 2 aromatic carbocycles. The Hall–Kier alpha value is -3.12. The average molecular weight is 301 g/mol. The molecule has 0 atom stereocenters. The van der Waals surface area contributed by atoms with Crippen LogP contribution in [0.2, 0.25) is 0 Å². The molecule has 0 N–H and O–H groups in total. The van der Waals surface area contributed by atoms with Gasteiger partial charge < -0.3 is 0 Å². The van der Waals surface area contributed by atoms with Crippen LogP contribution in [0.3, 0.4) is 0 Å². The topological polar surface area (TPSA) is 37.4 Å². The van der Waals surface area contributed by atoms with Gasteiger partial charge in [0.25, 0.3) is 11.8 Å². The maximum absolute atomic E-state index is 12.2. The second-order valence-corrected chi connectivity index (χ2v) is 5.13. The van der Waals surface area contributed by atoms with E-state index < -0.39 is 0 Å². The molecule has 2 aromatic rings. The van der Waals surface area contributed by atoms with Gasteiger partial charge >= 0.3 is 0 Å². The average Bonchev–Trinajstić information content (AvgIpc) is 2.84. The van der Waals surface area contributed by atoms with Crippen LogP contribution in [-0.2, 0) is 0 Å². The molecule has 3 rings (SSSR count). The minimum atomic E-state index is -0.214. The van der Waals surface area contributed by atoms with Gasteiger partial charge in [0, 0.05) is 12.1 Å². The van der Waals surface area contributed by atoms with E-state index in [-0.39, 0.29) is 11.8 Å². The normalized spacial score (nSPS) is 13.1. The van der Waals surface area contributed by atoms with E-state index in [4.69, 9.17) is 0 Å². The fourth-order valence-corrected chi connectivity index (χ4v) is 2.43. The molecule has 23 heavy (non-hydrogen) atoms. The molecule has 0 unspecified atom stereocenters. The van der Waals surface area contributed by atoms with Crippen molar-refractivity contribution in [2.24, 2.45) is 0 Å². The summed E-state index contributed by atoms with van der Waals surface area (Å²) >= 11 is 0. The van der Waals surface area contributed by atoms with Gasteiger partial charge in [0.1, 0.15) is 0 Å². The van der Waals surface area contributed by atoms with Gasteiger partial charge in [0.05, 0.1) is 11.1 Å². The van der Waals surface area contributed by atoms with Crippen LogP contribution in [0.1, 0.15) is 32.7 Å². The van der Waals surface area contributed by atoms with Gasteiger partial charge in [0.2, 0.25) is 0 Å². The first-order valence-corrected chi connectivity index (χ1v) is 7.44. The summed E-state index contributed by atoms with van der Waals surface area (Å²) < 4.78 is 0. The highest BCUT2D eigenvalue weighted by Gasteiger charge is 2.34. The zero-order chi connectivity index (χ0) is 16.1. The summed E-state index contributed by atoms with van der Waals surface area (Å²) in [6.45, 7) is 0.371. The molecule has 3 heteroatoms. The van der Waals surface area contributed by atoms with E-state index in [1.807, 2.05) is 36.4 Å². The van der Waals surface area contributed by atoms with Crippen molar-refractivity contribution >= 4 is 11.8 Å². The lowest BCUT2D eigenvalue weighted by molar-refractivity contribution is 0.0657. The Bertz CT molecular complexity index is 790. The molecule has 0 aromatic heterocycles. The lowest BCUT2D eigenvalue weighted by atomic mass is 10.1. The Morgan fingerprint density at radius 3 is 2.13 bits per heavy atom. The van der Waals surface area contributed by atoms with E-state index in [0.29, 0.717) is 24.1 Å². The van der Waals surface area contributed by atoms with Gasteiger partial charge in [-0.05, 0) is 36.8 Å². The smallest absolute Gasteiger partial charge is 0.261 e. The number of amides is 2. The summed E-state index contributed by atoms with van der Waals surface area (Å²) in [5.74, 6) is 5.54. The number of allylic oxidation sites excluding steroid dienone is 1. The predicted molar refractivity (Wildman–Crippen MR) is 88.9 cm³/mol. The van der Waals surface area contributed by atoms with Crippen molar-refractivity contribution in [2.75, 3.05) is 6.54 Å². The fraction of sp³-hybridized carbons (Fsp3) is 0.100. The molecule has 2 amide bonds. The van der Waals surface area contributed by atoms with E-state index in [1.165, 1.54) is 4.90 Å².